The van der Waals surface area contributed by atoms with E-state index in [9.17, 15) is 0 Å². The molecule has 0 bridgehead atoms. The van der Waals surface area contributed by atoms with Crippen LogP contribution in [0, 0.1) is 0 Å². The Kier molecular flexibility index (Phi) is 4.49. The van der Waals surface area contributed by atoms with Gasteiger partial charge in [-0.1, -0.05) is 34.1 Å². The third-order valence-electron chi connectivity index (χ3n) is 3.37. The normalized spacial score (nSPS) is 10.5. The van der Waals surface area contributed by atoms with E-state index in [-0.39, 0.29) is 0 Å². The number of hydrogen-bond acceptors (Lipinski definition) is 3. The van der Waals surface area contributed by atoms with Crippen molar-refractivity contribution < 1.29 is 4.74 Å². The van der Waals surface area contributed by atoms with Crippen molar-refractivity contribution in [3.05, 3.63) is 66.5 Å². The summed E-state index contributed by atoms with van der Waals surface area (Å²) in [6.07, 6.45) is 1.78. The van der Waals surface area contributed by atoms with Gasteiger partial charge in [0.1, 0.15) is 5.75 Å². The van der Waals surface area contributed by atoms with Crippen LogP contribution in [-0.2, 0) is 5.33 Å². The number of benzene rings is 1. The van der Waals surface area contributed by atoms with E-state index in [2.05, 4.69) is 38.0 Å². The Morgan fingerprint density at radius 1 is 0.955 bits per heavy atom. The maximum Gasteiger partial charge on any atom is 0.118 e. The molecule has 0 saturated heterocycles. The second-order valence-corrected chi connectivity index (χ2v) is 5.37. The first kappa shape index (κ1) is 14.7. The lowest BCUT2D eigenvalue weighted by atomic mass is 10.0. The van der Waals surface area contributed by atoms with E-state index in [1.807, 2.05) is 42.5 Å². The fourth-order valence-corrected chi connectivity index (χ4v) is 2.54. The lowest BCUT2D eigenvalue weighted by Gasteiger charge is -2.08. The van der Waals surface area contributed by atoms with Crippen LogP contribution in [-0.4, -0.2) is 17.1 Å². The van der Waals surface area contributed by atoms with Crippen molar-refractivity contribution in [2.24, 2.45) is 0 Å². The van der Waals surface area contributed by atoms with Crippen LogP contribution < -0.4 is 4.74 Å². The summed E-state index contributed by atoms with van der Waals surface area (Å²) >= 11 is 3.49. The van der Waals surface area contributed by atoms with E-state index >= 15 is 0 Å². The summed E-state index contributed by atoms with van der Waals surface area (Å²) in [5.74, 6) is 0.850. The number of alkyl halides is 1. The van der Waals surface area contributed by atoms with Crippen LogP contribution >= 0.6 is 15.9 Å². The molecular weight excluding hydrogens is 340 g/mol. The van der Waals surface area contributed by atoms with Crippen LogP contribution in [0.5, 0.6) is 5.75 Å². The minimum atomic E-state index is 0.705. The fraction of sp³-hybridized carbons (Fsp3) is 0.111. The summed E-state index contributed by atoms with van der Waals surface area (Å²) in [7, 11) is 1.67. The van der Waals surface area contributed by atoms with Gasteiger partial charge in [0, 0.05) is 11.5 Å². The quantitative estimate of drug-likeness (QED) is 0.636. The van der Waals surface area contributed by atoms with E-state index in [1.54, 1.807) is 13.3 Å². The number of nitrogens with zero attached hydrogens (tertiary/aromatic N) is 2. The van der Waals surface area contributed by atoms with Crippen LogP contribution in [0.25, 0.3) is 22.5 Å². The molecule has 3 aromatic rings. The van der Waals surface area contributed by atoms with Crippen molar-refractivity contribution in [2.45, 2.75) is 5.33 Å². The third kappa shape index (κ3) is 3.17. The zero-order chi connectivity index (χ0) is 15.4. The number of rotatable bonds is 4. The molecule has 2 aromatic heterocycles. The highest BCUT2D eigenvalue weighted by Gasteiger charge is 2.07. The lowest BCUT2D eigenvalue weighted by molar-refractivity contribution is 0.415. The number of halogens is 1. The number of aromatic nitrogens is 2. The van der Waals surface area contributed by atoms with Gasteiger partial charge in [0.2, 0.25) is 0 Å². The van der Waals surface area contributed by atoms with Gasteiger partial charge in [-0.2, -0.15) is 0 Å². The van der Waals surface area contributed by atoms with Gasteiger partial charge in [-0.15, -0.1) is 0 Å². The number of ether oxygens (including phenoxy) is 1. The molecule has 0 amide bonds. The summed E-state index contributed by atoms with van der Waals surface area (Å²) in [5.41, 5.74) is 4.98. The molecule has 0 aliphatic carbocycles. The molecule has 3 rings (SSSR count). The summed E-state index contributed by atoms with van der Waals surface area (Å²) in [5, 5.41) is 0.705. The van der Waals surface area contributed by atoms with Gasteiger partial charge in [0.25, 0.3) is 0 Å². The number of pyridine rings is 2. The first-order valence-corrected chi connectivity index (χ1v) is 8.05. The van der Waals surface area contributed by atoms with E-state index in [1.165, 1.54) is 0 Å². The van der Waals surface area contributed by atoms with Crippen LogP contribution in [0.2, 0.25) is 0 Å². The maximum absolute atomic E-state index is 5.21. The Labute approximate surface area is 138 Å². The maximum atomic E-state index is 5.21. The minimum absolute atomic E-state index is 0.705. The topological polar surface area (TPSA) is 35.0 Å². The van der Waals surface area contributed by atoms with E-state index in [0.29, 0.717) is 5.33 Å². The van der Waals surface area contributed by atoms with Gasteiger partial charge in [0.15, 0.2) is 0 Å². The van der Waals surface area contributed by atoms with Gasteiger partial charge in [-0.3, -0.25) is 9.97 Å². The zero-order valence-corrected chi connectivity index (χ0v) is 13.7. The molecule has 0 spiro atoms. The Balaban J connectivity index is 2.07. The summed E-state index contributed by atoms with van der Waals surface area (Å²) in [6.45, 7) is 0. The second kappa shape index (κ2) is 6.71. The molecule has 0 N–H and O–H groups in total. The lowest BCUT2D eigenvalue weighted by Crippen LogP contribution is -1.93. The third-order valence-corrected chi connectivity index (χ3v) is 3.94. The molecule has 2 heterocycles. The molecule has 0 unspecified atom stereocenters. The molecule has 0 aliphatic rings. The Morgan fingerprint density at radius 2 is 1.77 bits per heavy atom. The fourth-order valence-electron chi connectivity index (χ4n) is 2.25. The molecule has 4 heteroatoms. The van der Waals surface area contributed by atoms with Crippen LogP contribution in [0.3, 0.4) is 0 Å². The van der Waals surface area contributed by atoms with Crippen molar-refractivity contribution in [1.82, 2.24) is 9.97 Å². The van der Waals surface area contributed by atoms with Gasteiger partial charge in [-0.05, 0) is 47.5 Å². The van der Waals surface area contributed by atoms with Crippen LogP contribution in [0.1, 0.15) is 5.69 Å². The highest BCUT2D eigenvalue weighted by atomic mass is 79.9. The Morgan fingerprint density at radius 3 is 2.41 bits per heavy atom. The Bertz CT molecular complexity index is 758. The summed E-state index contributed by atoms with van der Waals surface area (Å²) < 4.78 is 5.21. The SMILES string of the molecule is COc1ccc(-c2cc(CBr)nc(-c3ccccn3)c2)cc1. The van der Waals surface area contributed by atoms with Gasteiger partial charge < -0.3 is 4.74 Å². The molecule has 0 aliphatic heterocycles. The highest BCUT2D eigenvalue weighted by Crippen LogP contribution is 2.27. The van der Waals surface area contributed by atoms with Gasteiger partial charge in [-0.25, -0.2) is 0 Å². The average Bonchev–Trinajstić information content (AvgIpc) is 2.62. The molecule has 110 valence electrons. The average molecular weight is 355 g/mol. The predicted octanol–water partition coefficient (Wildman–Crippen LogP) is 4.71. The molecule has 0 saturated carbocycles. The Hall–Kier alpha value is -2.20. The monoisotopic (exact) mass is 354 g/mol. The van der Waals surface area contributed by atoms with E-state index < -0.39 is 0 Å². The molecule has 22 heavy (non-hydrogen) atoms. The zero-order valence-electron chi connectivity index (χ0n) is 12.2. The summed E-state index contributed by atoms with van der Waals surface area (Å²) in [4.78, 5) is 9.04. The van der Waals surface area contributed by atoms with Crippen LogP contribution in [0.4, 0.5) is 0 Å². The van der Waals surface area contributed by atoms with Crippen molar-refractivity contribution in [1.29, 1.82) is 0 Å². The first-order valence-electron chi connectivity index (χ1n) is 6.93. The number of methoxy groups -OCH3 is 1. The molecule has 3 nitrogen and oxygen atoms in total. The molecule has 1 aromatic carbocycles. The minimum Gasteiger partial charge on any atom is -0.497 e. The van der Waals surface area contributed by atoms with Crippen molar-refractivity contribution >= 4 is 15.9 Å². The molecule has 0 atom stereocenters. The number of hydrogen-bond donors (Lipinski definition) is 0. The molecular formula is C18H15BrN2O. The van der Waals surface area contributed by atoms with Crippen LogP contribution in [0.15, 0.2) is 60.8 Å². The van der Waals surface area contributed by atoms with E-state index in [0.717, 1.165) is 34.0 Å². The van der Waals surface area contributed by atoms with Crippen molar-refractivity contribution in [3.63, 3.8) is 0 Å². The van der Waals surface area contributed by atoms with E-state index in [4.69, 9.17) is 4.74 Å². The summed E-state index contributed by atoms with van der Waals surface area (Å²) in [6, 6.07) is 18.0. The van der Waals surface area contributed by atoms with Gasteiger partial charge >= 0.3 is 0 Å². The largest absolute Gasteiger partial charge is 0.497 e. The molecule has 0 fully saturated rings. The molecule has 0 radical (unpaired) electrons. The van der Waals surface area contributed by atoms with Gasteiger partial charge in [0.05, 0.1) is 24.2 Å². The smallest absolute Gasteiger partial charge is 0.118 e. The standard InChI is InChI=1S/C18H15BrN2O/c1-22-16-7-5-13(6-8-16)14-10-15(12-19)21-18(11-14)17-4-2-3-9-20-17/h2-11H,12H2,1H3. The van der Waals surface area contributed by atoms with Crippen molar-refractivity contribution in [2.75, 3.05) is 7.11 Å². The highest BCUT2D eigenvalue weighted by molar-refractivity contribution is 9.08. The predicted molar refractivity (Wildman–Crippen MR) is 92.1 cm³/mol. The second-order valence-electron chi connectivity index (χ2n) is 4.81. The first-order chi connectivity index (χ1) is 10.8. The van der Waals surface area contributed by atoms with Crippen molar-refractivity contribution in [3.8, 4) is 28.3 Å².